The zero-order valence-corrected chi connectivity index (χ0v) is 36.4. The van der Waals surface area contributed by atoms with Gasteiger partial charge in [0.1, 0.15) is 11.2 Å². The maximum Gasteiger partial charge on any atom is 0.143 e. The number of hydrogen-bond donors (Lipinski definition) is 0. The molecule has 0 N–H and O–H groups in total. The number of furan rings is 1. The van der Waals surface area contributed by atoms with Gasteiger partial charge in [0.25, 0.3) is 0 Å². The van der Waals surface area contributed by atoms with Crippen molar-refractivity contribution in [3.8, 4) is 33.4 Å². The van der Waals surface area contributed by atoms with E-state index < -0.39 is 5.41 Å². The molecule has 0 bridgehead atoms. The van der Waals surface area contributed by atoms with E-state index in [0.717, 1.165) is 50.1 Å². The number of nitrogens with zero attached hydrogens (tertiary/aromatic N) is 1. The van der Waals surface area contributed by atoms with Crippen molar-refractivity contribution in [3.05, 3.63) is 259 Å². The van der Waals surface area contributed by atoms with Crippen LogP contribution in [0.2, 0.25) is 0 Å². The van der Waals surface area contributed by atoms with Crippen molar-refractivity contribution in [2.75, 3.05) is 4.90 Å². The van der Waals surface area contributed by atoms with E-state index in [2.05, 4.69) is 241 Å². The van der Waals surface area contributed by atoms with Crippen LogP contribution in [0.4, 0.5) is 17.1 Å². The van der Waals surface area contributed by atoms with Gasteiger partial charge in [0.2, 0.25) is 0 Å². The molecular formula is C65H39NO. The van der Waals surface area contributed by atoms with E-state index >= 15 is 0 Å². The second-order valence-electron chi connectivity index (χ2n) is 18.3. The van der Waals surface area contributed by atoms with Crippen LogP contribution in [-0.2, 0) is 5.41 Å². The summed E-state index contributed by atoms with van der Waals surface area (Å²) in [5.74, 6) is 0. The molecule has 0 fully saturated rings. The van der Waals surface area contributed by atoms with Crippen molar-refractivity contribution in [3.63, 3.8) is 0 Å². The Labute approximate surface area is 387 Å². The van der Waals surface area contributed by atoms with Crippen LogP contribution in [0.1, 0.15) is 22.3 Å². The van der Waals surface area contributed by atoms with Gasteiger partial charge in [-0.2, -0.15) is 0 Å². The fourth-order valence-electron chi connectivity index (χ4n) is 12.2. The monoisotopic (exact) mass is 849 g/mol. The summed E-state index contributed by atoms with van der Waals surface area (Å²) in [4.78, 5) is 2.46. The fraction of sp³-hybridized carbons (Fsp3) is 0.0154. The van der Waals surface area contributed by atoms with Gasteiger partial charge in [-0.05, 0) is 142 Å². The Hall–Kier alpha value is -8.72. The molecule has 310 valence electrons. The van der Waals surface area contributed by atoms with E-state index in [1.165, 1.54) is 87.6 Å². The Morgan fingerprint density at radius 2 is 0.746 bits per heavy atom. The van der Waals surface area contributed by atoms with Crippen LogP contribution in [0.5, 0.6) is 0 Å². The van der Waals surface area contributed by atoms with Crippen LogP contribution in [0.15, 0.2) is 241 Å². The lowest BCUT2D eigenvalue weighted by molar-refractivity contribution is 0.670. The van der Waals surface area contributed by atoms with Crippen molar-refractivity contribution in [2.45, 2.75) is 5.41 Å². The standard InChI is InChI=1S/C65H39NO/c1-2-15-42-37-63-58(36-41(42)14-1)56-24-13-23-46(64(56)67-63)40-28-30-43(31-29-40)66(44-32-34-51-49-18-4-3-16-47(49)48-17-5-6-19-50(48)57(51)38-44)45-33-35-55-54-22-9-12-27-61(54)65(62(55)39-45)59-25-10-7-20-52(59)53-21-8-11-26-60(53)65/h1-39H. The molecule has 67 heavy (non-hydrogen) atoms. The number of benzene rings is 12. The minimum Gasteiger partial charge on any atom is -0.455 e. The zero-order chi connectivity index (χ0) is 43.8. The average molecular weight is 850 g/mol. The third-order valence-corrected chi connectivity index (χ3v) is 15.0. The Kier molecular flexibility index (Phi) is 7.46. The summed E-state index contributed by atoms with van der Waals surface area (Å²) in [6, 6.07) is 87.7. The maximum atomic E-state index is 6.72. The molecule has 2 aliphatic rings. The minimum atomic E-state index is -0.458. The Balaban J connectivity index is 0.958. The summed E-state index contributed by atoms with van der Waals surface area (Å²) >= 11 is 0. The van der Waals surface area contributed by atoms with Crippen LogP contribution in [0.25, 0.3) is 98.4 Å². The first kappa shape index (κ1) is 36.6. The predicted molar refractivity (Wildman–Crippen MR) is 280 cm³/mol. The van der Waals surface area contributed by atoms with Gasteiger partial charge in [-0.3, -0.25) is 0 Å². The first-order chi connectivity index (χ1) is 33.2. The lowest BCUT2D eigenvalue weighted by Gasteiger charge is -2.32. The minimum absolute atomic E-state index is 0.458. The van der Waals surface area contributed by atoms with Crippen molar-refractivity contribution in [1.82, 2.24) is 0 Å². The number of rotatable bonds is 4. The van der Waals surface area contributed by atoms with E-state index in [1.54, 1.807) is 0 Å². The highest BCUT2D eigenvalue weighted by atomic mass is 16.3. The first-order valence-corrected chi connectivity index (χ1v) is 23.2. The molecule has 1 aromatic heterocycles. The highest BCUT2D eigenvalue weighted by Gasteiger charge is 2.51. The molecule has 0 unspecified atom stereocenters. The summed E-state index contributed by atoms with van der Waals surface area (Å²) in [6.45, 7) is 0. The second-order valence-corrected chi connectivity index (χ2v) is 18.3. The van der Waals surface area contributed by atoms with Crippen LogP contribution in [0, 0.1) is 0 Å². The summed E-state index contributed by atoms with van der Waals surface area (Å²) in [5.41, 5.74) is 17.4. The van der Waals surface area contributed by atoms with E-state index in [-0.39, 0.29) is 0 Å². The first-order valence-electron chi connectivity index (χ1n) is 23.2. The van der Waals surface area contributed by atoms with Gasteiger partial charge >= 0.3 is 0 Å². The normalized spacial score (nSPS) is 13.2. The van der Waals surface area contributed by atoms with Gasteiger partial charge in [-0.25, -0.2) is 0 Å². The molecule has 1 spiro atoms. The lowest BCUT2D eigenvalue weighted by atomic mass is 9.70. The third-order valence-electron chi connectivity index (χ3n) is 15.0. The van der Waals surface area contributed by atoms with Crippen LogP contribution in [0.3, 0.4) is 0 Å². The van der Waals surface area contributed by atoms with Gasteiger partial charge in [0.05, 0.1) is 5.41 Å². The molecule has 1 heterocycles. The molecule has 13 aromatic rings. The molecule has 0 amide bonds. The summed E-state index contributed by atoms with van der Waals surface area (Å²) < 4.78 is 6.72. The van der Waals surface area contributed by atoms with Gasteiger partial charge in [0, 0.05) is 33.4 Å². The summed E-state index contributed by atoms with van der Waals surface area (Å²) in [7, 11) is 0. The van der Waals surface area contributed by atoms with Gasteiger partial charge in [-0.15, -0.1) is 0 Å². The van der Waals surface area contributed by atoms with Crippen molar-refractivity contribution >= 4 is 82.1 Å². The number of para-hydroxylation sites is 1. The smallest absolute Gasteiger partial charge is 0.143 e. The molecule has 2 aliphatic carbocycles. The van der Waals surface area contributed by atoms with Crippen LogP contribution in [-0.4, -0.2) is 0 Å². The molecule has 12 aromatic carbocycles. The van der Waals surface area contributed by atoms with Gasteiger partial charge in [0.15, 0.2) is 0 Å². The predicted octanol–water partition coefficient (Wildman–Crippen LogP) is 17.7. The second kappa shape index (κ2) is 13.7. The SMILES string of the molecule is c1ccc2c(c1)-c1ccccc1C21c2ccccc2-c2ccc(N(c3ccc(-c4cccc5c4oc4cc6ccccc6cc45)cc3)c3ccc4c5ccccc5c5ccccc5c4c3)cc21. The quantitative estimate of drug-likeness (QED) is 0.164. The molecule has 0 aliphatic heterocycles. The highest BCUT2D eigenvalue weighted by molar-refractivity contribution is 6.26. The van der Waals surface area contributed by atoms with E-state index in [1.807, 2.05) is 0 Å². The number of fused-ring (bicyclic) bond motifs is 20. The Bertz CT molecular complexity index is 4130. The van der Waals surface area contributed by atoms with E-state index in [4.69, 9.17) is 4.42 Å². The topological polar surface area (TPSA) is 16.4 Å². The fourth-order valence-corrected chi connectivity index (χ4v) is 12.2. The molecular weight excluding hydrogens is 811 g/mol. The van der Waals surface area contributed by atoms with Crippen molar-refractivity contribution in [1.29, 1.82) is 0 Å². The Morgan fingerprint density at radius 3 is 1.39 bits per heavy atom. The largest absolute Gasteiger partial charge is 0.455 e. The average Bonchev–Trinajstić information content (AvgIpc) is 4.02. The molecule has 0 atom stereocenters. The molecule has 0 radical (unpaired) electrons. The van der Waals surface area contributed by atoms with E-state index in [0.29, 0.717) is 0 Å². The van der Waals surface area contributed by atoms with Crippen LogP contribution < -0.4 is 4.90 Å². The van der Waals surface area contributed by atoms with Crippen molar-refractivity contribution < 1.29 is 4.42 Å². The maximum absolute atomic E-state index is 6.72. The zero-order valence-electron chi connectivity index (χ0n) is 36.4. The molecule has 0 saturated carbocycles. The summed E-state index contributed by atoms with van der Waals surface area (Å²) in [5, 5.41) is 12.2. The molecule has 2 heteroatoms. The number of anilines is 3. The van der Waals surface area contributed by atoms with Crippen LogP contribution >= 0.6 is 0 Å². The van der Waals surface area contributed by atoms with Gasteiger partial charge in [-0.1, -0.05) is 188 Å². The number of hydrogen-bond acceptors (Lipinski definition) is 2. The molecule has 0 saturated heterocycles. The Morgan fingerprint density at radius 1 is 0.284 bits per heavy atom. The van der Waals surface area contributed by atoms with Crippen molar-refractivity contribution in [2.24, 2.45) is 0 Å². The molecule has 15 rings (SSSR count). The molecule has 2 nitrogen and oxygen atoms in total. The lowest BCUT2D eigenvalue weighted by Crippen LogP contribution is -2.26. The highest BCUT2D eigenvalue weighted by Crippen LogP contribution is 2.63. The third kappa shape index (κ3) is 4.99. The van der Waals surface area contributed by atoms with Gasteiger partial charge < -0.3 is 9.32 Å². The van der Waals surface area contributed by atoms with E-state index in [9.17, 15) is 0 Å². The summed E-state index contributed by atoms with van der Waals surface area (Å²) in [6.07, 6.45) is 0.